The normalized spacial score (nSPS) is 16.8. The molecule has 5 heteroatoms. The van der Waals surface area contributed by atoms with Gasteiger partial charge in [0.2, 0.25) is 11.8 Å². The monoisotopic (exact) mass is 166 g/mol. The lowest BCUT2D eigenvalue weighted by molar-refractivity contribution is -0.142. The Morgan fingerprint density at radius 3 is 2.33 bits per heavy atom. The van der Waals surface area contributed by atoms with Gasteiger partial charge < -0.3 is 4.90 Å². The maximum absolute atomic E-state index is 10.8. The zero-order valence-electron chi connectivity index (χ0n) is 6.16. The molecular weight excluding hydrogens is 160 g/mol. The van der Waals surface area contributed by atoms with E-state index in [1.807, 2.05) is 11.2 Å². The second-order valence-corrected chi connectivity index (χ2v) is 2.28. The zero-order chi connectivity index (χ0) is 9.14. The quantitative estimate of drug-likeness (QED) is 0.338. The summed E-state index contributed by atoms with van der Waals surface area (Å²) in [6, 6.07) is 0. The first-order chi connectivity index (χ1) is 5.63. The first-order valence-electron chi connectivity index (χ1n) is 3.21. The summed E-state index contributed by atoms with van der Waals surface area (Å²) in [5, 5.41) is 2.05. The van der Waals surface area contributed by atoms with Crippen molar-refractivity contribution >= 4 is 17.7 Å². The number of piperazine rings is 1. The molecule has 0 aliphatic carbocycles. The van der Waals surface area contributed by atoms with Crippen LogP contribution in [0, 0.1) is 12.3 Å². The molecule has 1 heterocycles. The molecular formula is C7H6N2O3. The summed E-state index contributed by atoms with van der Waals surface area (Å²) in [6.07, 6.45) is 4.81. The van der Waals surface area contributed by atoms with Crippen molar-refractivity contribution in [2.75, 3.05) is 13.1 Å². The number of rotatable bonds is 0. The molecule has 12 heavy (non-hydrogen) atoms. The summed E-state index contributed by atoms with van der Waals surface area (Å²) in [4.78, 5) is 33.3. The average Bonchev–Trinajstić information content (AvgIpc) is 2.01. The van der Waals surface area contributed by atoms with Gasteiger partial charge in [0.15, 0.2) is 0 Å². The molecule has 1 aliphatic heterocycles. The van der Waals surface area contributed by atoms with E-state index in [4.69, 9.17) is 6.42 Å². The van der Waals surface area contributed by atoms with Gasteiger partial charge in [0.05, 0.1) is 0 Å². The zero-order valence-corrected chi connectivity index (χ0v) is 6.16. The summed E-state index contributed by atoms with van der Waals surface area (Å²) in [5.74, 6) is 0.180. The first kappa shape index (κ1) is 8.27. The average molecular weight is 166 g/mol. The summed E-state index contributed by atoms with van der Waals surface area (Å²) in [7, 11) is 0. The van der Waals surface area contributed by atoms with Crippen molar-refractivity contribution in [1.29, 1.82) is 0 Å². The lowest BCUT2D eigenvalue weighted by Gasteiger charge is -2.22. The van der Waals surface area contributed by atoms with Crippen molar-refractivity contribution in [3.63, 3.8) is 0 Å². The van der Waals surface area contributed by atoms with Crippen LogP contribution >= 0.6 is 0 Å². The fourth-order valence-corrected chi connectivity index (χ4v) is 0.872. The maximum Gasteiger partial charge on any atom is 0.299 e. The van der Waals surface area contributed by atoms with Crippen molar-refractivity contribution in [2.24, 2.45) is 0 Å². The Morgan fingerprint density at radius 1 is 1.42 bits per heavy atom. The van der Waals surface area contributed by atoms with E-state index in [2.05, 4.69) is 0 Å². The SMILES string of the molecule is C#CC(=O)N1CC(=O)NC(=O)C1. The Bertz CT molecular complexity index is 274. The number of terminal acetylenes is 1. The van der Waals surface area contributed by atoms with E-state index in [0.717, 1.165) is 4.90 Å². The number of amides is 3. The van der Waals surface area contributed by atoms with Crippen molar-refractivity contribution in [1.82, 2.24) is 10.2 Å². The van der Waals surface area contributed by atoms with Crippen LogP contribution in [0.4, 0.5) is 0 Å². The second kappa shape index (κ2) is 3.05. The molecule has 0 radical (unpaired) electrons. The standard InChI is InChI=1S/C7H6N2O3/c1-2-7(12)9-3-5(10)8-6(11)4-9/h1H,3-4H2,(H,8,10,11). The Hall–Kier alpha value is -1.83. The molecule has 0 atom stereocenters. The Morgan fingerprint density at radius 2 is 1.92 bits per heavy atom. The highest BCUT2D eigenvalue weighted by Crippen LogP contribution is 1.94. The third kappa shape index (κ3) is 1.61. The van der Waals surface area contributed by atoms with E-state index in [9.17, 15) is 14.4 Å². The van der Waals surface area contributed by atoms with E-state index >= 15 is 0 Å². The van der Waals surface area contributed by atoms with Gasteiger partial charge in [-0.2, -0.15) is 0 Å². The third-order valence-corrected chi connectivity index (χ3v) is 1.36. The van der Waals surface area contributed by atoms with Crippen LogP contribution in [0.15, 0.2) is 0 Å². The van der Waals surface area contributed by atoms with Crippen molar-refractivity contribution in [3.8, 4) is 12.3 Å². The Balaban J connectivity index is 2.69. The third-order valence-electron chi connectivity index (χ3n) is 1.36. The minimum absolute atomic E-state index is 0.144. The molecule has 1 fully saturated rings. The summed E-state index contributed by atoms with van der Waals surface area (Å²) >= 11 is 0. The molecule has 1 rings (SSSR count). The van der Waals surface area contributed by atoms with Gasteiger partial charge in [0.1, 0.15) is 13.1 Å². The van der Waals surface area contributed by atoms with Crippen LogP contribution in [-0.2, 0) is 14.4 Å². The predicted octanol–water partition coefficient (Wildman–Crippen LogP) is -1.90. The summed E-state index contributed by atoms with van der Waals surface area (Å²) in [6.45, 7) is -0.288. The van der Waals surface area contributed by atoms with Gasteiger partial charge in [0, 0.05) is 0 Å². The molecule has 3 amide bonds. The van der Waals surface area contributed by atoms with Gasteiger partial charge in [0.25, 0.3) is 5.91 Å². The minimum Gasteiger partial charge on any atom is -0.313 e. The molecule has 0 unspecified atom stereocenters. The fraction of sp³-hybridized carbons (Fsp3) is 0.286. The summed E-state index contributed by atoms with van der Waals surface area (Å²) in [5.41, 5.74) is 0. The van der Waals surface area contributed by atoms with Crippen LogP contribution in [0.3, 0.4) is 0 Å². The molecule has 0 bridgehead atoms. The van der Waals surface area contributed by atoms with E-state index in [0.29, 0.717) is 0 Å². The minimum atomic E-state index is -0.641. The van der Waals surface area contributed by atoms with Gasteiger partial charge in [-0.05, 0) is 5.92 Å². The first-order valence-corrected chi connectivity index (χ1v) is 3.21. The number of nitrogens with zero attached hydrogens (tertiary/aromatic N) is 1. The number of nitrogens with one attached hydrogen (secondary N) is 1. The van der Waals surface area contributed by atoms with Crippen LogP contribution in [0.1, 0.15) is 0 Å². The van der Waals surface area contributed by atoms with Crippen LogP contribution in [0.2, 0.25) is 0 Å². The lowest BCUT2D eigenvalue weighted by Crippen LogP contribution is -2.53. The maximum atomic E-state index is 10.8. The van der Waals surface area contributed by atoms with E-state index in [1.54, 1.807) is 0 Å². The lowest BCUT2D eigenvalue weighted by atomic mass is 10.3. The van der Waals surface area contributed by atoms with Crippen LogP contribution in [0.25, 0.3) is 0 Å². The molecule has 0 saturated carbocycles. The molecule has 1 saturated heterocycles. The number of carbonyl (C=O) groups is 3. The van der Waals surface area contributed by atoms with Gasteiger partial charge >= 0.3 is 0 Å². The topological polar surface area (TPSA) is 66.5 Å². The summed E-state index contributed by atoms with van der Waals surface area (Å²) < 4.78 is 0. The van der Waals surface area contributed by atoms with Gasteiger partial charge in [-0.3, -0.25) is 19.7 Å². The van der Waals surface area contributed by atoms with E-state index in [-0.39, 0.29) is 13.1 Å². The fourth-order valence-electron chi connectivity index (χ4n) is 0.872. The number of imide groups is 1. The molecule has 62 valence electrons. The van der Waals surface area contributed by atoms with Crippen molar-refractivity contribution in [3.05, 3.63) is 0 Å². The van der Waals surface area contributed by atoms with Gasteiger partial charge in [-0.25, -0.2) is 0 Å². The van der Waals surface area contributed by atoms with Gasteiger partial charge in [-0.1, -0.05) is 0 Å². The van der Waals surface area contributed by atoms with E-state index in [1.165, 1.54) is 0 Å². The molecule has 0 aromatic heterocycles. The molecule has 0 aromatic carbocycles. The van der Waals surface area contributed by atoms with Gasteiger partial charge in [-0.15, -0.1) is 6.42 Å². The van der Waals surface area contributed by atoms with Crippen molar-refractivity contribution in [2.45, 2.75) is 0 Å². The Labute approximate surface area is 68.7 Å². The number of hydrogen-bond donors (Lipinski definition) is 1. The largest absolute Gasteiger partial charge is 0.313 e. The van der Waals surface area contributed by atoms with E-state index < -0.39 is 17.7 Å². The second-order valence-electron chi connectivity index (χ2n) is 2.28. The smallest absolute Gasteiger partial charge is 0.299 e. The Kier molecular flexibility index (Phi) is 2.10. The van der Waals surface area contributed by atoms with Crippen LogP contribution in [-0.4, -0.2) is 35.7 Å². The molecule has 1 aliphatic rings. The highest BCUT2D eigenvalue weighted by atomic mass is 16.2. The highest BCUT2D eigenvalue weighted by molar-refractivity contribution is 6.05. The molecule has 0 aromatic rings. The molecule has 0 spiro atoms. The molecule has 5 nitrogen and oxygen atoms in total. The van der Waals surface area contributed by atoms with Crippen LogP contribution < -0.4 is 5.32 Å². The van der Waals surface area contributed by atoms with Crippen molar-refractivity contribution < 1.29 is 14.4 Å². The predicted molar refractivity (Wildman–Crippen MR) is 38.6 cm³/mol. The molecule has 1 N–H and O–H groups in total. The van der Waals surface area contributed by atoms with Crippen LogP contribution in [0.5, 0.6) is 0 Å². The highest BCUT2D eigenvalue weighted by Gasteiger charge is 2.24. The number of carbonyl (C=O) groups excluding carboxylic acids is 3. The number of hydrogen-bond acceptors (Lipinski definition) is 3.